The molecule has 1 unspecified atom stereocenters. The Labute approximate surface area is 243 Å². The molecule has 0 saturated carbocycles. The Bertz CT molecular complexity index is 1680. The van der Waals surface area contributed by atoms with Crippen molar-refractivity contribution in [2.24, 2.45) is 0 Å². The first kappa shape index (κ1) is 30.8. The van der Waals surface area contributed by atoms with E-state index in [1.807, 2.05) is 39.0 Å². The van der Waals surface area contributed by atoms with E-state index in [4.69, 9.17) is 0 Å². The molecule has 1 atom stereocenters. The van der Waals surface area contributed by atoms with Crippen molar-refractivity contribution in [2.45, 2.75) is 51.5 Å². The maximum Gasteiger partial charge on any atom is 0.330 e. The number of sulfonamides is 1. The van der Waals surface area contributed by atoms with Crippen molar-refractivity contribution in [3.63, 3.8) is 0 Å². The summed E-state index contributed by atoms with van der Waals surface area (Å²) in [5.74, 6) is -0.397. The number of likely N-dealkylation sites (tertiary alicyclic amines) is 1. The Morgan fingerprint density at radius 2 is 1.76 bits per heavy atom. The number of methoxy groups -OCH3 is 1. The van der Waals surface area contributed by atoms with Crippen molar-refractivity contribution in [2.75, 3.05) is 37.4 Å². The van der Waals surface area contributed by atoms with Crippen LogP contribution in [0.2, 0.25) is 0 Å². The largest absolute Gasteiger partial charge is 0.466 e. The zero-order valence-corrected chi connectivity index (χ0v) is 26.1. The lowest BCUT2D eigenvalue weighted by Crippen LogP contribution is -2.28. The molecule has 0 amide bonds. The molecule has 3 aromatic rings. The topological polar surface area (TPSA) is 115 Å². The first-order chi connectivity index (χ1) is 19.1. The molecule has 4 rings (SSSR count). The Morgan fingerprint density at radius 3 is 2.34 bits per heavy atom. The molecule has 1 aliphatic rings. The minimum absolute atomic E-state index is 0.237. The minimum atomic E-state index is -3.70. The van der Waals surface area contributed by atoms with Crippen molar-refractivity contribution in [1.82, 2.24) is 8.87 Å². The molecule has 41 heavy (non-hydrogen) atoms. The summed E-state index contributed by atoms with van der Waals surface area (Å²) in [6.07, 6.45) is 8.10. The van der Waals surface area contributed by atoms with Crippen LogP contribution >= 0.6 is 0 Å². The van der Waals surface area contributed by atoms with Crippen LogP contribution in [0.5, 0.6) is 0 Å². The van der Waals surface area contributed by atoms with E-state index in [9.17, 15) is 21.6 Å². The average molecular weight is 602 g/mol. The monoisotopic (exact) mass is 601 g/mol. The number of fused-ring (bicyclic) bond motifs is 1. The van der Waals surface area contributed by atoms with Gasteiger partial charge in [-0.05, 0) is 60.7 Å². The van der Waals surface area contributed by atoms with Crippen LogP contribution in [0.3, 0.4) is 0 Å². The number of benzene rings is 2. The number of nitrogens with zero attached hydrogens (tertiary/aromatic N) is 2. The normalized spacial score (nSPS) is 17.0. The van der Waals surface area contributed by atoms with Crippen molar-refractivity contribution in [3.8, 4) is 0 Å². The average Bonchev–Trinajstić information content (AvgIpc) is 3.47. The van der Waals surface area contributed by atoms with E-state index in [0.29, 0.717) is 23.3 Å². The summed E-state index contributed by atoms with van der Waals surface area (Å²) in [5, 5.41) is 0.803. The van der Waals surface area contributed by atoms with Crippen LogP contribution in [-0.4, -0.2) is 64.4 Å². The van der Waals surface area contributed by atoms with Gasteiger partial charge in [0, 0.05) is 35.2 Å². The van der Waals surface area contributed by atoms with Crippen molar-refractivity contribution >= 4 is 48.7 Å². The number of esters is 1. The van der Waals surface area contributed by atoms with Gasteiger partial charge in [0.05, 0.1) is 30.8 Å². The third-order valence-electron chi connectivity index (χ3n) is 7.32. The van der Waals surface area contributed by atoms with Gasteiger partial charge in [-0.25, -0.2) is 25.6 Å². The first-order valence-corrected chi connectivity index (χ1v) is 17.3. The van der Waals surface area contributed by atoms with Crippen LogP contribution in [0.1, 0.15) is 62.0 Å². The van der Waals surface area contributed by atoms with Crippen molar-refractivity contribution in [1.29, 1.82) is 0 Å². The Balaban J connectivity index is 1.68. The molecule has 2 aromatic carbocycles. The zero-order valence-electron chi connectivity index (χ0n) is 24.5. The molecule has 0 radical (unpaired) electrons. The zero-order chi connectivity index (χ0) is 30.2. The highest BCUT2D eigenvalue weighted by Gasteiger charge is 2.32. The molecule has 0 spiro atoms. The highest BCUT2D eigenvalue weighted by molar-refractivity contribution is 7.92. The van der Waals surface area contributed by atoms with Crippen molar-refractivity contribution in [3.05, 3.63) is 70.9 Å². The van der Waals surface area contributed by atoms with Gasteiger partial charge in [-0.1, -0.05) is 51.1 Å². The van der Waals surface area contributed by atoms with Gasteiger partial charge in [0.1, 0.15) is 0 Å². The van der Waals surface area contributed by atoms with Gasteiger partial charge in [-0.15, -0.1) is 0 Å². The predicted octanol–water partition coefficient (Wildman–Crippen LogP) is 4.68. The first-order valence-electron chi connectivity index (χ1n) is 13.5. The summed E-state index contributed by atoms with van der Waals surface area (Å²) < 4.78 is 58.5. The van der Waals surface area contributed by atoms with E-state index >= 15 is 0 Å². The Kier molecular flexibility index (Phi) is 8.73. The molecule has 11 heteroatoms. The van der Waals surface area contributed by atoms with Crippen LogP contribution < -0.4 is 4.72 Å². The molecule has 0 bridgehead atoms. The molecular weight excluding hydrogens is 562 g/mol. The molecule has 9 nitrogen and oxygen atoms in total. The molecule has 1 N–H and O–H groups in total. The third kappa shape index (κ3) is 7.20. The number of aromatic nitrogens is 1. The fourth-order valence-electron chi connectivity index (χ4n) is 5.75. The number of ether oxygens (including phenoxy) is 1. The predicted molar refractivity (Wildman–Crippen MR) is 164 cm³/mol. The summed E-state index contributed by atoms with van der Waals surface area (Å²) in [6, 6.07) is 13.5. The Hall–Kier alpha value is -3.15. The van der Waals surface area contributed by atoms with Crippen LogP contribution in [0.15, 0.2) is 48.5 Å². The van der Waals surface area contributed by atoms with Crippen LogP contribution in [0.4, 0.5) is 5.69 Å². The molecule has 222 valence electrons. The van der Waals surface area contributed by atoms with E-state index in [-0.39, 0.29) is 6.04 Å². The number of hydrogen-bond acceptors (Lipinski definition) is 7. The lowest BCUT2D eigenvalue weighted by Gasteiger charge is -2.27. The molecule has 1 saturated heterocycles. The summed E-state index contributed by atoms with van der Waals surface area (Å²) >= 11 is 0. The molecular formula is C30H39N3O6S2. The van der Waals surface area contributed by atoms with Gasteiger partial charge >= 0.3 is 5.97 Å². The van der Waals surface area contributed by atoms with Gasteiger partial charge in [0.25, 0.3) is 0 Å². The lowest BCUT2D eigenvalue weighted by molar-refractivity contribution is -0.134. The van der Waals surface area contributed by atoms with Crippen LogP contribution in [0, 0.1) is 0 Å². The maximum absolute atomic E-state index is 13.1. The van der Waals surface area contributed by atoms with E-state index in [0.717, 1.165) is 48.7 Å². The summed E-state index contributed by atoms with van der Waals surface area (Å²) in [5.41, 5.74) is 4.08. The van der Waals surface area contributed by atoms with E-state index in [1.54, 1.807) is 18.2 Å². The van der Waals surface area contributed by atoms with Gasteiger partial charge in [0.15, 0.2) is 0 Å². The number of carbonyl (C=O) groups excluding carboxylic acids is 1. The van der Waals surface area contributed by atoms with Gasteiger partial charge in [-0.3, -0.25) is 9.62 Å². The van der Waals surface area contributed by atoms with Crippen LogP contribution in [-0.2, 0) is 41.4 Å². The van der Waals surface area contributed by atoms with E-state index in [1.165, 1.54) is 29.0 Å². The summed E-state index contributed by atoms with van der Waals surface area (Å²) in [6.45, 7) is 7.67. The van der Waals surface area contributed by atoms with Gasteiger partial charge < -0.3 is 4.74 Å². The molecule has 2 heterocycles. The lowest BCUT2D eigenvalue weighted by atomic mass is 9.88. The van der Waals surface area contributed by atoms with Gasteiger partial charge in [0.2, 0.25) is 20.0 Å². The minimum Gasteiger partial charge on any atom is -0.466 e. The second-order valence-electron chi connectivity index (χ2n) is 11.7. The number of carbonyl (C=O) groups is 1. The fourth-order valence-corrected chi connectivity index (χ4v) is 7.53. The van der Waals surface area contributed by atoms with E-state index in [2.05, 4.69) is 26.5 Å². The standard InChI is InChI=1S/C30H39N3O6S2/c1-30(2,3)29-25(24-15-14-23(31-40(5,35)36)20-27(24)33(29)41(6,37)38)17-19-32-18-7-8-26(32)22-12-9-21(10-13-22)11-16-28(34)39-4/h9-16,20,26,31H,7-8,17-19H2,1-6H3/b16-11+. The summed E-state index contributed by atoms with van der Waals surface area (Å²) in [4.78, 5) is 13.9. The highest BCUT2D eigenvalue weighted by atomic mass is 32.2. The SMILES string of the molecule is COC(=O)/C=C/c1ccc(C2CCCN2CCc2c(C(C)(C)C)n(S(C)(=O)=O)c3cc(NS(C)(=O)=O)ccc23)cc1. The highest BCUT2D eigenvalue weighted by Crippen LogP contribution is 2.39. The Morgan fingerprint density at radius 1 is 1.07 bits per heavy atom. The smallest absolute Gasteiger partial charge is 0.330 e. The number of hydrogen-bond donors (Lipinski definition) is 1. The fraction of sp³-hybridized carbons (Fsp3) is 0.433. The number of anilines is 1. The number of nitrogens with one attached hydrogen (secondary N) is 1. The molecule has 0 aliphatic carbocycles. The molecule has 1 aliphatic heterocycles. The second kappa shape index (κ2) is 11.6. The summed E-state index contributed by atoms with van der Waals surface area (Å²) in [7, 11) is -5.88. The van der Waals surface area contributed by atoms with Gasteiger partial charge in [-0.2, -0.15) is 0 Å². The van der Waals surface area contributed by atoms with Crippen LogP contribution in [0.25, 0.3) is 17.0 Å². The molecule has 1 fully saturated rings. The van der Waals surface area contributed by atoms with E-state index < -0.39 is 31.4 Å². The number of rotatable bonds is 9. The third-order valence-corrected chi connectivity index (χ3v) is 8.97. The maximum atomic E-state index is 13.1. The second-order valence-corrected chi connectivity index (χ2v) is 15.3. The van der Waals surface area contributed by atoms with Crippen molar-refractivity contribution < 1.29 is 26.4 Å². The quantitative estimate of drug-likeness (QED) is 0.280. The molecule has 1 aromatic heterocycles.